The number of nitrogens with zero attached hydrogens (tertiary/aromatic N) is 1. The fraction of sp³-hybridized carbons (Fsp3) is 0.833. The summed E-state index contributed by atoms with van der Waals surface area (Å²) < 4.78 is 5.20. The maximum atomic E-state index is 10.8. The Kier molecular flexibility index (Phi) is 8.85. The molecule has 0 spiro atoms. The Hall–Kier alpha value is -1.04. The van der Waals surface area contributed by atoms with Crippen molar-refractivity contribution in [1.82, 2.24) is 0 Å². The highest BCUT2D eigenvalue weighted by molar-refractivity contribution is 5.66. The van der Waals surface area contributed by atoms with Crippen molar-refractivity contribution in [2.75, 3.05) is 0 Å². The first-order chi connectivity index (χ1) is 7.20. The maximum absolute atomic E-state index is 10.8. The van der Waals surface area contributed by atoms with Crippen molar-refractivity contribution in [2.24, 2.45) is 0 Å². The van der Waals surface area contributed by atoms with Gasteiger partial charge < -0.3 is 4.74 Å². The molecule has 0 aromatic carbocycles. The van der Waals surface area contributed by atoms with E-state index in [-0.39, 0.29) is 12.1 Å². The van der Waals surface area contributed by atoms with E-state index in [0.29, 0.717) is 6.42 Å². The van der Waals surface area contributed by atoms with Crippen LogP contribution in [0.4, 0.5) is 0 Å². The van der Waals surface area contributed by atoms with Crippen LogP contribution in [0.3, 0.4) is 0 Å². The Labute approximate surface area is 92.4 Å². The monoisotopic (exact) mass is 211 g/mol. The predicted octanol–water partition coefficient (Wildman–Crippen LogP) is 3.19. The molecule has 1 unspecified atom stereocenters. The van der Waals surface area contributed by atoms with Crippen molar-refractivity contribution in [2.45, 2.75) is 64.9 Å². The van der Waals surface area contributed by atoms with Crippen LogP contribution in [0.5, 0.6) is 0 Å². The quantitative estimate of drug-likeness (QED) is 0.457. The first-order valence-corrected chi connectivity index (χ1v) is 5.74. The number of hydrogen-bond acceptors (Lipinski definition) is 3. The molecular formula is C12H21NO2. The smallest absolute Gasteiger partial charge is 0.302 e. The zero-order valence-corrected chi connectivity index (χ0v) is 9.79. The van der Waals surface area contributed by atoms with Gasteiger partial charge in [-0.2, -0.15) is 5.26 Å². The van der Waals surface area contributed by atoms with Crippen LogP contribution >= 0.6 is 0 Å². The van der Waals surface area contributed by atoms with E-state index in [9.17, 15) is 4.79 Å². The summed E-state index contributed by atoms with van der Waals surface area (Å²) in [7, 11) is 0. The lowest BCUT2D eigenvalue weighted by Crippen LogP contribution is -2.16. The highest BCUT2D eigenvalue weighted by Crippen LogP contribution is 2.13. The van der Waals surface area contributed by atoms with Crippen molar-refractivity contribution in [3.05, 3.63) is 0 Å². The number of unbranched alkanes of at least 4 members (excludes halogenated alkanes) is 3. The van der Waals surface area contributed by atoms with Crippen molar-refractivity contribution in [3.8, 4) is 6.07 Å². The molecule has 86 valence electrons. The zero-order valence-electron chi connectivity index (χ0n) is 9.79. The summed E-state index contributed by atoms with van der Waals surface area (Å²) >= 11 is 0. The van der Waals surface area contributed by atoms with Gasteiger partial charge in [-0.05, 0) is 25.7 Å². The van der Waals surface area contributed by atoms with Crippen LogP contribution in [-0.4, -0.2) is 12.1 Å². The molecule has 1 atom stereocenters. The molecule has 0 radical (unpaired) electrons. The van der Waals surface area contributed by atoms with Crippen LogP contribution in [0, 0.1) is 11.3 Å². The highest BCUT2D eigenvalue weighted by Gasteiger charge is 2.10. The van der Waals surface area contributed by atoms with Crippen LogP contribution in [0.25, 0.3) is 0 Å². The standard InChI is InChI=1S/C12H21NO2/c1-3-4-5-8-12(15-11(2)14)9-6-7-10-13/h12H,3-9H2,1-2H3. The minimum Gasteiger partial charge on any atom is -0.463 e. The van der Waals surface area contributed by atoms with Gasteiger partial charge in [-0.25, -0.2) is 0 Å². The summed E-state index contributed by atoms with van der Waals surface area (Å²) in [6.07, 6.45) is 6.58. The molecule has 0 aliphatic rings. The van der Waals surface area contributed by atoms with Gasteiger partial charge in [-0.3, -0.25) is 4.79 Å². The first-order valence-electron chi connectivity index (χ1n) is 5.74. The van der Waals surface area contributed by atoms with E-state index in [0.717, 1.165) is 25.7 Å². The number of hydrogen-bond donors (Lipinski definition) is 0. The Morgan fingerprint density at radius 3 is 2.53 bits per heavy atom. The number of nitriles is 1. The minimum atomic E-state index is -0.214. The van der Waals surface area contributed by atoms with Gasteiger partial charge in [0.1, 0.15) is 6.10 Å². The zero-order chi connectivity index (χ0) is 11.5. The van der Waals surface area contributed by atoms with Gasteiger partial charge >= 0.3 is 5.97 Å². The summed E-state index contributed by atoms with van der Waals surface area (Å²) in [6.45, 7) is 3.59. The SMILES string of the molecule is CCCCCC(CCCC#N)OC(C)=O. The van der Waals surface area contributed by atoms with Crippen molar-refractivity contribution in [3.63, 3.8) is 0 Å². The third kappa shape index (κ3) is 9.27. The van der Waals surface area contributed by atoms with E-state index < -0.39 is 0 Å². The average Bonchev–Trinajstić information content (AvgIpc) is 2.17. The van der Waals surface area contributed by atoms with Gasteiger partial charge in [-0.1, -0.05) is 19.8 Å². The molecule has 3 nitrogen and oxygen atoms in total. The van der Waals surface area contributed by atoms with Gasteiger partial charge in [0.2, 0.25) is 0 Å². The van der Waals surface area contributed by atoms with E-state index in [1.54, 1.807) is 0 Å². The average molecular weight is 211 g/mol. The normalized spacial score (nSPS) is 11.8. The van der Waals surface area contributed by atoms with Crippen LogP contribution in [0.2, 0.25) is 0 Å². The largest absolute Gasteiger partial charge is 0.463 e. The topological polar surface area (TPSA) is 50.1 Å². The number of rotatable bonds is 8. The summed E-state index contributed by atoms with van der Waals surface area (Å²) in [5.74, 6) is -0.214. The minimum absolute atomic E-state index is 0.0161. The molecule has 15 heavy (non-hydrogen) atoms. The third-order valence-electron chi connectivity index (χ3n) is 2.28. The first kappa shape index (κ1) is 14.0. The Morgan fingerprint density at radius 1 is 1.33 bits per heavy atom. The van der Waals surface area contributed by atoms with E-state index in [1.165, 1.54) is 19.8 Å². The van der Waals surface area contributed by atoms with Crippen LogP contribution in [-0.2, 0) is 9.53 Å². The van der Waals surface area contributed by atoms with Crippen LogP contribution in [0.1, 0.15) is 58.8 Å². The molecule has 0 amide bonds. The predicted molar refractivity (Wildman–Crippen MR) is 59.2 cm³/mol. The van der Waals surface area contributed by atoms with Gasteiger partial charge in [0.25, 0.3) is 0 Å². The molecule has 3 heteroatoms. The maximum Gasteiger partial charge on any atom is 0.302 e. The third-order valence-corrected chi connectivity index (χ3v) is 2.28. The van der Waals surface area contributed by atoms with Crippen LogP contribution < -0.4 is 0 Å². The Morgan fingerprint density at radius 2 is 2.00 bits per heavy atom. The van der Waals surface area contributed by atoms with E-state index in [1.807, 2.05) is 0 Å². The van der Waals surface area contributed by atoms with Gasteiger partial charge in [-0.15, -0.1) is 0 Å². The van der Waals surface area contributed by atoms with Gasteiger partial charge in [0.15, 0.2) is 0 Å². The molecular weight excluding hydrogens is 190 g/mol. The highest BCUT2D eigenvalue weighted by atomic mass is 16.5. The van der Waals surface area contributed by atoms with Gasteiger partial charge in [0.05, 0.1) is 6.07 Å². The number of carbonyl (C=O) groups excluding carboxylic acids is 1. The number of ether oxygens (including phenoxy) is 1. The summed E-state index contributed by atoms with van der Waals surface area (Å²) in [4.78, 5) is 10.8. The van der Waals surface area contributed by atoms with E-state index in [2.05, 4.69) is 13.0 Å². The fourth-order valence-electron chi connectivity index (χ4n) is 1.53. The second kappa shape index (κ2) is 9.51. The fourth-order valence-corrected chi connectivity index (χ4v) is 1.53. The number of carbonyl (C=O) groups is 1. The molecule has 0 aromatic rings. The molecule has 0 aliphatic carbocycles. The van der Waals surface area contributed by atoms with E-state index in [4.69, 9.17) is 10.00 Å². The lowest BCUT2D eigenvalue weighted by molar-refractivity contribution is -0.147. The molecule has 0 heterocycles. The summed E-state index contributed by atoms with van der Waals surface area (Å²) in [6, 6.07) is 2.10. The summed E-state index contributed by atoms with van der Waals surface area (Å²) in [5.41, 5.74) is 0. The number of esters is 1. The molecule has 0 N–H and O–H groups in total. The lowest BCUT2D eigenvalue weighted by atomic mass is 10.1. The molecule has 0 saturated carbocycles. The second-order valence-corrected chi connectivity index (χ2v) is 3.78. The molecule has 0 saturated heterocycles. The van der Waals surface area contributed by atoms with E-state index >= 15 is 0 Å². The molecule has 0 aliphatic heterocycles. The molecule has 0 fully saturated rings. The Bertz CT molecular complexity index is 208. The van der Waals surface area contributed by atoms with Gasteiger partial charge in [0, 0.05) is 13.3 Å². The molecule has 0 aromatic heterocycles. The molecule has 0 rings (SSSR count). The summed E-state index contributed by atoms with van der Waals surface area (Å²) in [5, 5.41) is 8.42. The Balaban J connectivity index is 3.74. The van der Waals surface area contributed by atoms with Crippen molar-refractivity contribution in [1.29, 1.82) is 5.26 Å². The van der Waals surface area contributed by atoms with Crippen molar-refractivity contribution >= 4 is 5.97 Å². The van der Waals surface area contributed by atoms with Crippen LogP contribution in [0.15, 0.2) is 0 Å². The second-order valence-electron chi connectivity index (χ2n) is 3.78. The lowest BCUT2D eigenvalue weighted by Gasteiger charge is -2.16. The van der Waals surface area contributed by atoms with Crippen molar-refractivity contribution < 1.29 is 9.53 Å². The molecule has 0 bridgehead atoms.